The van der Waals surface area contributed by atoms with Gasteiger partial charge in [-0.2, -0.15) is 10.4 Å². The van der Waals surface area contributed by atoms with E-state index in [1.54, 1.807) is 23.9 Å². The highest BCUT2D eigenvalue weighted by Crippen LogP contribution is 2.54. The fourth-order valence-corrected chi connectivity index (χ4v) is 9.63. The van der Waals surface area contributed by atoms with Crippen LogP contribution < -0.4 is 30.1 Å². The highest BCUT2D eigenvalue weighted by atomic mass is 32.2. The number of hydrogen-bond donors (Lipinski definition) is 3. The van der Waals surface area contributed by atoms with E-state index in [4.69, 9.17) is 9.47 Å². The van der Waals surface area contributed by atoms with Gasteiger partial charge in [0.05, 0.1) is 39.7 Å². The summed E-state index contributed by atoms with van der Waals surface area (Å²) in [7, 11) is 3.67. The number of ether oxygens (including phenoxy) is 2. The van der Waals surface area contributed by atoms with E-state index in [2.05, 4.69) is 34.9 Å². The quantitative estimate of drug-likeness (QED) is 0.155. The largest absolute Gasteiger partial charge is 0.453 e. The van der Waals surface area contributed by atoms with Gasteiger partial charge in [0, 0.05) is 88.3 Å². The number of aryl methyl sites for hydroxylation is 1. The Balaban J connectivity index is 0.000000161. The number of nitrogens with zero attached hydrogens (tertiary/aromatic N) is 8. The number of hydrogen-bond acceptors (Lipinski definition) is 13. The molecule has 3 N–H and O–H groups in total. The molecule has 0 atom stereocenters. The number of aromatic nitrogens is 4. The van der Waals surface area contributed by atoms with Crippen LogP contribution in [-0.2, 0) is 16.6 Å². The Hall–Kier alpha value is -5.81. The Morgan fingerprint density at radius 3 is 2.61 bits per heavy atom. The maximum Gasteiger partial charge on any atom is 0.329 e. The third-order valence-corrected chi connectivity index (χ3v) is 13.3. The van der Waals surface area contributed by atoms with E-state index in [1.165, 1.54) is 73.3 Å². The molecule has 6 heterocycles. The number of nitriles is 1. The summed E-state index contributed by atoms with van der Waals surface area (Å²) in [4.78, 5) is 48.3. The van der Waals surface area contributed by atoms with Gasteiger partial charge in [-0.3, -0.25) is 29.4 Å². The summed E-state index contributed by atoms with van der Waals surface area (Å²) in [5.74, 6) is -0.877. The van der Waals surface area contributed by atoms with Gasteiger partial charge in [0.25, 0.3) is 5.56 Å². The molecule has 0 radical (unpaired) electrons. The number of carbonyl (C=O) groups is 2. The maximum atomic E-state index is 15.2. The first kappa shape index (κ1) is 40.6. The summed E-state index contributed by atoms with van der Waals surface area (Å²) in [5, 5.41) is 17.2. The number of rotatable bonds is 9. The van der Waals surface area contributed by atoms with Gasteiger partial charge in [0.1, 0.15) is 23.2 Å². The molecule has 5 aliphatic rings. The topological polar surface area (TPSA) is 177 Å². The molecule has 3 amide bonds. The third-order valence-electron chi connectivity index (χ3n) is 12.4. The van der Waals surface area contributed by atoms with E-state index in [-0.39, 0.29) is 52.9 Å². The first-order valence-electron chi connectivity index (χ1n) is 20.3. The number of amides is 3. The molecule has 2 spiro atoms. The van der Waals surface area contributed by atoms with Gasteiger partial charge in [0.2, 0.25) is 5.91 Å². The molecule has 3 aromatic carbocycles. The number of halogens is 2. The number of urea groups is 1. The lowest BCUT2D eigenvalue weighted by Crippen LogP contribution is -2.72. The van der Waals surface area contributed by atoms with Crippen molar-refractivity contribution in [3.63, 3.8) is 0 Å². The summed E-state index contributed by atoms with van der Waals surface area (Å²) >= 11 is 1.28. The molecule has 4 saturated heterocycles. The van der Waals surface area contributed by atoms with Gasteiger partial charge in [-0.15, -0.1) is 0 Å². The molecule has 16 nitrogen and oxygen atoms in total. The van der Waals surface area contributed by atoms with Crippen LogP contribution in [0.1, 0.15) is 44.6 Å². The molecule has 10 rings (SSSR count). The van der Waals surface area contributed by atoms with E-state index in [9.17, 15) is 24.0 Å². The Bertz CT molecular complexity index is 2640. The lowest BCUT2D eigenvalue weighted by molar-refractivity contribution is -0.158. The van der Waals surface area contributed by atoms with Crippen LogP contribution >= 0.6 is 12.1 Å². The van der Waals surface area contributed by atoms with Gasteiger partial charge in [0.15, 0.2) is 17.4 Å². The Morgan fingerprint density at radius 1 is 1.08 bits per heavy atom. The van der Waals surface area contributed by atoms with Crippen molar-refractivity contribution < 1.29 is 27.8 Å². The standard InChI is InChI=1S/C24H29FN6O3.C18H16FN5O2S/c1-28-18-8-19(17(25)7-16(18)21(27-28)31-5-3-20(32)26-22(31)33)30-11-23(12-30)9-15(10-23)29-13-24(14-29)4-2-6-34-24;1-3-24(2)27-23-16-7-5-14(19)17(13(16)9-20)26-11-4-6-15-12(8-11)18(25)22-10-21-15/h7-8,15H,2-6,9-14H2,1H3,(H,26,32,33);4-8,10,23H,3H2,1-2H3,(H,21,22,25). The summed E-state index contributed by atoms with van der Waals surface area (Å²) in [6.07, 6.45) is 6.26. The van der Waals surface area contributed by atoms with Crippen LogP contribution in [0.4, 0.5) is 30.8 Å². The predicted molar refractivity (Wildman–Crippen MR) is 226 cm³/mol. The smallest absolute Gasteiger partial charge is 0.329 e. The van der Waals surface area contributed by atoms with Crippen LogP contribution in [0.3, 0.4) is 0 Å². The van der Waals surface area contributed by atoms with E-state index in [1.807, 2.05) is 30.4 Å². The summed E-state index contributed by atoms with van der Waals surface area (Å²) < 4.78 is 47.8. The van der Waals surface area contributed by atoms with Crippen molar-refractivity contribution in [2.75, 3.05) is 67.4 Å². The Morgan fingerprint density at radius 2 is 1.89 bits per heavy atom. The fraction of sp³-hybridized carbons (Fsp3) is 0.429. The van der Waals surface area contributed by atoms with E-state index in [0.29, 0.717) is 44.9 Å². The lowest BCUT2D eigenvalue weighted by Gasteiger charge is -2.64. The average Bonchev–Trinajstić information content (AvgIpc) is 3.82. The lowest BCUT2D eigenvalue weighted by atomic mass is 9.59. The normalized spacial score (nSPS) is 19.4. The number of likely N-dealkylation sites (tertiary alicyclic amines) is 1. The summed E-state index contributed by atoms with van der Waals surface area (Å²) in [6.45, 7) is 7.82. The Labute approximate surface area is 354 Å². The fourth-order valence-electron chi connectivity index (χ4n) is 9.08. The SMILES string of the molecule is CCN(C)SNc1ccc(F)c(Oc2ccc3nc[nH]c(=O)c3c2)c1C#N.Cn1nc(N2CCC(=O)NC2=O)c2cc(F)c(N3CC4(CC(N5CC6(CCCO6)C5)C4)C3)cc21. The van der Waals surface area contributed by atoms with E-state index < -0.39 is 11.8 Å². The van der Waals surface area contributed by atoms with Crippen molar-refractivity contribution in [1.82, 2.24) is 34.3 Å². The predicted octanol–water partition coefficient (Wildman–Crippen LogP) is 5.65. The van der Waals surface area contributed by atoms with Crippen molar-refractivity contribution in [3.8, 4) is 17.6 Å². The molecule has 1 saturated carbocycles. The summed E-state index contributed by atoms with van der Waals surface area (Å²) in [6, 6.07) is 12.7. The minimum absolute atomic E-state index is 0.0344. The Kier molecular flexibility index (Phi) is 10.6. The van der Waals surface area contributed by atoms with Crippen LogP contribution in [0.5, 0.6) is 11.5 Å². The number of fused-ring (bicyclic) bond motifs is 2. The monoisotopic (exact) mass is 853 g/mol. The second-order valence-electron chi connectivity index (χ2n) is 16.5. The molecule has 2 aromatic heterocycles. The van der Waals surface area contributed by atoms with Gasteiger partial charge >= 0.3 is 6.03 Å². The van der Waals surface area contributed by atoms with Crippen LogP contribution in [0.15, 0.2) is 53.6 Å². The van der Waals surface area contributed by atoms with Crippen molar-refractivity contribution in [2.24, 2.45) is 12.5 Å². The molecule has 61 heavy (non-hydrogen) atoms. The molecular formula is C42H45F2N11O5S. The van der Waals surface area contributed by atoms with Gasteiger partial charge < -0.3 is 24.1 Å². The van der Waals surface area contributed by atoms with Crippen molar-refractivity contribution >= 4 is 63.1 Å². The van der Waals surface area contributed by atoms with Crippen molar-refractivity contribution in [3.05, 3.63) is 76.3 Å². The van der Waals surface area contributed by atoms with Crippen LogP contribution in [0, 0.1) is 28.4 Å². The summed E-state index contributed by atoms with van der Waals surface area (Å²) in [5.41, 5.74) is 2.44. The zero-order valence-corrected chi connectivity index (χ0v) is 34.8. The minimum Gasteiger partial charge on any atom is -0.453 e. The van der Waals surface area contributed by atoms with Crippen molar-refractivity contribution in [1.29, 1.82) is 5.26 Å². The highest BCUT2D eigenvalue weighted by molar-refractivity contribution is 7.98. The zero-order valence-electron chi connectivity index (χ0n) is 34.0. The zero-order chi connectivity index (χ0) is 42.6. The molecule has 5 fully saturated rings. The van der Waals surface area contributed by atoms with E-state index >= 15 is 4.39 Å². The molecular weight excluding hydrogens is 809 g/mol. The number of aromatic amines is 1. The number of benzene rings is 3. The number of H-pyrrole nitrogens is 1. The number of carbonyl (C=O) groups excluding carboxylic acids is 2. The van der Waals surface area contributed by atoms with Crippen LogP contribution in [0.2, 0.25) is 0 Å². The first-order chi connectivity index (χ1) is 29.4. The second kappa shape index (κ2) is 15.9. The molecule has 318 valence electrons. The minimum atomic E-state index is -0.675. The second-order valence-corrected chi connectivity index (χ2v) is 17.6. The van der Waals surface area contributed by atoms with Gasteiger partial charge in [-0.1, -0.05) is 6.92 Å². The van der Waals surface area contributed by atoms with Gasteiger partial charge in [-0.05, 0) is 75.2 Å². The molecule has 1 aliphatic carbocycles. The van der Waals surface area contributed by atoms with Gasteiger partial charge in [-0.25, -0.2) is 22.9 Å². The van der Waals surface area contributed by atoms with E-state index in [0.717, 1.165) is 44.8 Å². The number of imide groups is 1. The molecule has 19 heteroatoms. The number of nitrogens with one attached hydrogen (secondary N) is 3. The van der Waals surface area contributed by atoms with Crippen molar-refractivity contribution in [2.45, 2.75) is 50.7 Å². The first-order valence-corrected chi connectivity index (χ1v) is 21.1. The molecule has 5 aromatic rings. The molecule has 4 aliphatic heterocycles. The van der Waals surface area contributed by atoms with Crippen LogP contribution in [-0.4, -0.2) is 105 Å². The van der Waals surface area contributed by atoms with Crippen LogP contribution in [0.25, 0.3) is 21.8 Å². The third kappa shape index (κ3) is 7.62. The number of anilines is 3. The molecule has 0 unspecified atom stereocenters. The average molecular weight is 854 g/mol. The molecule has 0 bridgehead atoms. The highest BCUT2D eigenvalue weighted by Gasteiger charge is 2.58. The maximum absolute atomic E-state index is 15.2.